The Labute approximate surface area is 213 Å². The Balaban J connectivity index is 1.80. The van der Waals surface area contributed by atoms with Crippen molar-refractivity contribution < 1.29 is 54.4 Å². The Morgan fingerprint density at radius 2 is 1.68 bits per heavy atom. The topological polar surface area (TPSA) is 291 Å². The van der Waals surface area contributed by atoms with Gasteiger partial charge >= 0.3 is 0 Å². The first kappa shape index (κ1) is 30.5. The molecule has 0 radical (unpaired) electrons. The molecule has 1 saturated carbocycles. The molecule has 0 spiro atoms. The second-order valence-corrected chi connectivity index (χ2v) is 9.73. The first-order valence-corrected chi connectivity index (χ1v) is 12.4. The fourth-order valence-corrected chi connectivity index (χ4v) is 4.84. The normalized spacial score (nSPS) is 45.8. The molecule has 3 fully saturated rings. The number of ether oxygens (including phenoxy) is 4. The molecule has 0 aromatic carbocycles. The van der Waals surface area contributed by atoms with Gasteiger partial charge in [-0.25, -0.2) is 0 Å². The van der Waals surface area contributed by atoms with Crippen LogP contribution in [0.3, 0.4) is 0 Å². The van der Waals surface area contributed by atoms with Gasteiger partial charge in [-0.3, -0.25) is 4.79 Å². The van der Waals surface area contributed by atoms with E-state index >= 15 is 0 Å². The average Bonchev–Trinajstić information content (AvgIpc) is 2.88. The minimum Gasteiger partial charge on any atom is -0.394 e. The van der Waals surface area contributed by atoms with Gasteiger partial charge in [-0.05, 0) is 12.8 Å². The van der Waals surface area contributed by atoms with Crippen LogP contribution in [-0.4, -0.2) is 142 Å². The Hall–Kier alpha value is -1.09. The Bertz CT molecular complexity index is 739. The summed E-state index contributed by atoms with van der Waals surface area (Å²) in [5.74, 6) is -0.833. The van der Waals surface area contributed by atoms with Crippen LogP contribution in [0.15, 0.2) is 0 Å². The molecule has 1 aliphatic carbocycles. The second kappa shape index (κ2) is 13.3. The largest absolute Gasteiger partial charge is 0.394 e. The van der Waals surface area contributed by atoms with Gasteiger partial charge in [0.15, 0.2) is 12.6 Å². The van der Waals surface area contributed by atoms with Gasteiger partial charge in [0.05, 0.1) is 30.9 Å². The zero-order valence-corrected chi connectivity index (χ0v) is 20.4. The Morgan fingerprint density at radius 1 is 0.973 bits per heavy atom. The quantitative estimate of drug-likeness (QED) is 0.130. The molecule has 2 aliphatic heterocycles. The lowest BCUT2D eigenvalue weighted by molar-refractivity contribution is -0.314. The fourth-order valence-electron chi connectivity index (χ4n) is 4.84. The number of nitrogens with two attached hydrogens (primary N) is 4. The van der Waals surface area contributed by atoms with Crippen LogP contribution in [-0.2, 0) is 23.7 Å². The van der Waals surface area contributed by atoms with Crippen molar-refractivity contribution in [2.45, 2.75) is 105 Å². The molecule has 0 aromatic rings. The molecular weight excluding hydrogens is 498 g/mol. The molecule has 0 bridgehead atoms. The molecule has 15 N–H and O–H groups in total. The van der Waals surface area contributed by atoms with Crippen molar-refractivity contribution in [1.29, 1.82) is 0 Å². The van der Waals surface area contributed by atoms with Crippen molar-refractivity contribution in [3.05, 3.63) is 0 Å². The lowest BCUT2D eigenvalue weighted by Gasteiger charge is -2.48. The van der Waals surface area contributed by atoms with Crippen LogP contribution in [0.2, 0.25) is 0 Å². The smallest absolute Gasteiger partial charge is 0.250 e. The number of aliphatic hydroxyl groups is 6. The van der Waals surface area contributed by atoms with Crippen molar-refractivity contribution in [3.63, 3.8) is 0 Å². The molecular formula is C21H41N5O11. The van der Waals surface area contributed by atoms with E-state index in [1.165, 1.54) is 0 Å². The summed E-state index contributed by atoms with van der Waals surface area (Å²) in [7, 11) is 0. The third kappa shape index (κ3) is 6.92. The number of hydrogen-bond donors (Lipinski definition) is 11. The maximum Gasteiger partial charge on any atom is 0.250 e. The maximum absolute atomic E-state index is 12.4. The summed E-state index contributed by atoms with van der Waals surface area (Å²) in [4.78, 5) is 12.4. The fraction of sp³-hybridized carbons (Fsp3) is 0.952. The van der Waals surface area contributed by atoms with E-state index in [1.54, 1.807) is 0 Å². The van der Waals surface area contributed by atoms with E-state index in [4.69, 9.17) is 41.9 Å². The van der Waals surface area contributed by atoms with E-state index in [9.17, 15) is 35.4 Å². The van der Waals surface area contributed by atoms with E-state index in [2.05, 4.69) is 5.32 Å². The molecule has 14 atom stereocenters. The second-order valence-electron chi connectivity index (χ2n) is 9.73. The summed E-state index contributed by atoms with van der Waals surface area (Å²) in [6.07, 6.45) is -12.7. The number of nitrogens with one attached hydrogen (secondary N) is 1. The van der Waals surface area contributed by atoms with E-state index in [1.807, 2.05) is 0 Å². The molecule has 37 heavy (non-hydrogen) atoms. The lowest BCUT2D eigenvalue weighted by Crippen LogP contribution is -2.69. The number of carbonyl (C=O) groups excluding carboxylic acids is 1. The van der Waals surface area contributed by atoms with Crippen LogP contribution >= 0.6 is 0 Å². The first-order valence-electron chi connectivity index (χ1n) is 12.4. The van der Waals surface area contributed by atoms with Crippen LogP contribution in [0.4, 0.5) is 0 Å². The van der Waals surface area contributed by atoms with Crippen molar-refractivity contribution >= 4 is 5.91 Å². The summed E-state index contributed by atoms with van der Waals surface area (Å²) >= 11 is 0. The predicted molar refractivity (Wildman–Crippen MR) is 124 cm³/mol. The van der Waals surface area contributed by atoms with E-state index in [0.29, 0.717) is 12.8 Å². The van der Waals surface area contributed by atoms with Gasteiger partial charge in [-0.1, -0.05) is 0 Å². The Morgan fingerprint density at radius 3 is 2.30 bits per heavy atom. The molecule has 0 aromatic heterocycles. The van der Waals surface area contributed by atoms with Gasteiger partial charge in [-0.15, -0.1) is 0 Å². The first-order chi connectivity index (χ1) is 17.5. The molecule has 16 nitrogen and oxygen atoms in total. The summed E-state index contributed by atoms with van der Waals surface area (Å²) in [5, 5.41) is 63.8. The van der Waals surface area contributed by atoms with Gasteiger partial charge in [0, 0.05) is 25.6 Å². The van der Waals surface area contributed by atoms with Crippen molar-refractivity contribution in [1.82, 2.24) is 5.32 Å². The molecule has 3 aliphatic rings. The highest BCUT2D eigenvalue weighted by Gasteiger charge is 2.51. The highest BCUT2D eigenvalue weighted by Crippen LogP contribution is 2.31. The zero-order valence-electron chi connectivity index (χ0n) is 20.4. The maximum atomic E-state index is 12.4. The standard InChI is InChI=1S/C21H41N5O11/c22-4-10(29)20(33)26-8-3-7(24)18(36-13-2-1-9(28)11(5-23)34-13)17(32)19(8)37-21-16(31)14(25)15(30)12(6-27)35-21/h7-19,21,27-32H,1-6,22-25H2,(H,26,33)/t7-,8+,9-,10-,11+,12+,13+,14-,15+,16+,17-,18+,19-,21+/m0/s1. The summed E-state index contributed by atoms with van der Waals surface area (Å²) in [5.41, 5.74) is 23.1. The molecule has 0 unspecified atom stereocenters. The van der Waals surface area contributed by atoms with Gasteiger partial charge in [-0.2, -0.15) is 0 Å². The summed E-state index contributed by atoms with van der Waals surface area (Å²) < 4.78 is 23.0. The molecule has 2 saturated heterocycles. The zero-order chi connectivity index (χ0) is 27.4. The van der Waals surface area contributed by atoms with Gasteiger partial charge in [0.2, 0.25) is 5.91 Å². The monoisotopic (exact) mass is 539 g/mol. The van der Waals surface area contributed by atoms with Crippen molar-refractivity contribution in [2.24, 2.45) is 22.9 Å². The Kier molecular flexibility index (Phi) is 11.0. The van der Waals surface area contributed by atoms with Crippen molar-refractivity contribution in [2.75, 3.05) is 19.7 Å². The predicted octanol–water partition coefficient (Wildman–Crippen LogP) is -6.76. The number of amides is 1. The summed E-state index contributed by atoms with van der Waals surface area (Å²) in [6.45, 7) is -0.924. The number of hydrogen-bond acceptors (Lipinski definition) is 15. The third-order valence-electron chi connectivity index (χ3n) is 7.10. The van der Waals surface area contributed by atoms with Crippen LogP contribution in [0.5, 0.6) is 0 Å². The van der Waals surface area contributed by atoms with E-state index in [-0.39, 0.29) is 19.5 Å². The van der Waals surface area contributed by atoms with Crippen LogP contribution < -0.4 is 28.3 Å². The van der Waals surface area contributed by atoms with Crippen molar-refractivity contribution in [3.8, 4) is 0 Å². The number of carbonyl (C=O) groups is 1. The van der Waals surface area contributed by atoms with E-state index < -0.39 is 98.2 Å². The highest BCUT2D eigenvalue weighted by atomic mass is 16.7. The molecule has 1 amide bonds. The van der Waals surface area contributed by atoms with Crippen LogP contribution in [0, 0.1) is 0 Å². The van der Waals surface area contributed by atoms with E-state index in [0.717, 1.165) is 0 Å². The highest BCUT2D eigenvalue weighted by molar-refractivity contribution is 5.81. The molecule has 3 rings (SSSR count). The SMILES string of the molecule is NC[C@H](O)C(=O)N[C@@H]1C[C@H](N)[C@@H](O[C@@H]2CC[C@H](O)[C@@H](CN)O2)[C@H](O)[C@H]1O[C@H]1O[C@H](CO)[C@@H](O)[C@H](N)[C@H]1O. The van der Waals surface area contributed by atoms with Crippen LogP contribution in [0.25, 0.3) is 0 Å². The third-order valence-corrected chi connectivity index (χ3v) is 7.10. The minimum atomic E-state index is -1.56. The molecule has 16 heteroatoms. The number of rotatable bonds is 9. The van der Waals surface area contributed by atoms with Crippen LogP contribution in [0.1, 0.15) is 19.3 Å². The van der Waals surface area contributed by atoms with Gasteiger partial charge < -0.3 is 77.8 Å². The average molecular weight is 540 g/mol. The summed E-state index contributed by atoms with van der Waals surface area (Å²) in [6, 6.07) is -3.07. The minimum absolute atomic E-state index is 0.00596. The molecule has 216 valence electrons. The lowest BCUT2D eigenvalue weighted by atomic mass is 9.83. The molecule has 2 heterocycles. The van der Waals surface area contributed by atoms with Gasteiger partial charge in [0.25, 0.3) is 0 Å². The van der Waals surface area contributed by atoms with Gasteiger partial charge in [0.1, 0.15) is 42.7 Å². The number of aliphatic hydroxyl groups excluding tert-OH is 6.